The third-order valence-corrected chi connectivity index (χ3v) is 4.10. The van der Waals surface area contributed by atoms with E-state index in [4.69, 9.17) is 4.74 Å². The number of rotatable bonds is 2. The van der Waals surface area contributed by atoms with Gasteiger partial charge in [0.2, 0.25) is 5.91 Å². The van der Waals surface area contributed by atoms with Gasteiger partial charge in [0.1, 0.15) is 11.9 Å². The van der Waals surface area contributed by atoms with Gasteiger partial charge in [0.05, 0.1) is 12.1 Å². The number of fused-ring (bicyclic) bond motifs is 1. The molecule has 108 valence electrons. The van der Waals surface area contributed by atoms with Crippen LogP contribution in [0.25, 0.3) is 0 Å². The largest absolute Gasteiger partial charge is 0.488 e. The van der Waals surface area contributed by atoms with Crippen molar-refractivity contribution in [2.24, 2.45) is 5.92 Å². The van der Waals surface area contributed by atoms with Crippen LogP contribution in [0.15, 0.2) is 18.2 Å². The van der Waals surface area contributed by atoms with E-state index >= 15 is 0 Å². The maximum absolute atomic E-state index is 11.8. The highest BCUT2D eigenvalue weighted by atomic mass is 16.5. The molecule has 1 amide bonds. The van der Waals surface area contributed by atoms with Crippen LogP contribution < -0.4 is 15.4 Å². The van der Waals surface area contributed by atoms with Crippen LogP contribution in [0, 0.1) is 5.92 Å². The molecule has 2 aliphatic rings. The standard InChI is InChI=1S/C16H22N2O2/c1-11-8-16(19)18-14-10-13(2-3-15(14)20-11)9-12-4-6-17-7-5-12/h2-3,10-12,17H,4-9H2,1H3,(H,18,19). The number of piperidine rings is 1. The highest BCUT2D eigenvalue weighted by Crippen LogP contribution is 2.31. The summed E-state index contributed by atoms with van der Waals surface area (Å²) in [5.41, 5.74) is 2.11. The molecule has 1 saturated heterocycles. The number of ether oxygens (including phenoxy) is 1. The van der Waals surface area contributed by atoms with E-state index in [9.17, 15) is 4.79 Å². The van der Waals surface area contributed by atoms with E-state index in [-0.39, 0.29) is 12.0 Å². The molecule has 1 aromatic rings. The molecule has 0 aromatic heterocycles. The number of benzene rings is 1. The monoisotopic (exact) mass is 274 g/mol. The molecule has 4 nitrogen and oxygen atoms in total. The topological polar surface area (TPSA) is 50.4 Å². The van der Waals surface area contributed by atoms with E-state index in [1.807, 2.05) is 13.0 Å². The molecule has 1 atom stereocenters. The van der Waals surface area contributed by atoms with Gasteiger partial charge in [-0.25, -0.2) is 0 Å². The predicted octanol–water partition coefficient (Wildman–Crippen LogP) is 2.34. The number of carbonyl (C=O) groups excluding carboxylic acids is 1. The van der Waals surface area contributed by atoms with Crippen molar-refractivity contribution >= 4 is 11.6 Å². The van der Waals surface area contributed by atoms with Crippen LogP contribution in [0.5, 0.6) is 5.75 Å². The normalized spacial score (nSPS) is 23.4. The number of anilines is 1. The van der Waals surface area contributed by atoms with Crippen molar-refractivity contribution in [3.05, 3.63) is 23.8 Å². The number of nitrogens with one attached hydrogen (secondary N) is 2. The second-order valence-electron chi connectivity index (χ2n) is 5.91. The molecule has 0 spiro atoms. The maximum atomic E-state index is 11.8. The second-order valence-corrected chi connectivity index (χ2v) is 5.91. The van der Waals surface area contributed by atoms with E-state index in [1.165, 1.54) is 18.4 Å². The molecular weight excluding hydrogens is 252 g/mol. The van der Waals surface area contributed by atoms with Gasteiger partial charge in [0, 0.05) is 0 Å². The van der Waals surface area contributed by atoms with Gasteiger partial charge >= 0.3 is 0 Å². The highest BCUT2D eigenvalue weighted by molar-refractivity contribution is 5.93. The molecule has 1 fully saturated rings. The van der Waals surface area contributed by atoms with Gasteiger partial charge in [-0.2, -0.15) is 0 Å². The summed E-state index contributed by atoms with van der Waals surface area (Å²) in [7, 11) is 0. The third-order valence-electron chi connectivity index (χ3n) is 4.10. The molecule has 4 heteroatoms. The van der Waals surface area contributed by atoms with Crippen LogP contribution >= 0.6 is 0 Å². The van der Waals surface area contributed by atoms with Crippen LogP contribution in [0.1, 0.15) is 31.7 Å². The van der Waals surface area contributed by atoms with Gasteiger partial charge in [0.25, 0.3) is 0 Å². The minimum absolute atomic E-state index is 0.0373. The summed E-state index contributed by atoms with van der Waals surface area (Å²) < 4.78 is 5.78. The van der Waals surface area contributed by atoms with Crippen molar-refractivity contribution in [2.45, 2.75) is 38.7 Å². The fourth-order valence-corrected chi connectivity index (χ4v) is 3.04. The minimum atomic E-state index is -0.0634. The molecule has 3 rings (SSSR count). The summed E-state index contributed by atoms with van der Waals surface area (Å²) in [6.45, 7) is 4.16. The molecule has 20 heavy (non-hydrogen) atoms. The predicted molar refractivity (Wildman–Crippen MR) is 79.1 cm³/mol. The van der Waals surface area contributed by atoms with Gasteiger partial charge in [-0.05, 0) is 62.9 Å². The van der Waals surface area contributed by atoms with Gasteiger partial charge in [-0.15, -0.1) is 0 Å². The molecule has 2 heterocycles. The molecule has 1 unspecified atom stereocenters. The van der Waals surface area contributed by atoms with E-state index in [0.717, 1.165) is 36.9 Å². The Morgan fingerprint density at radius 3 is 2.90 bits per heavy atom. The Kier molecular flexibility index (Phi) is 3.92. The van der Waals surface area contributed by atoms with Crippen LogP contribution in [0.4, 0.5) is 5.69 Å². The lowest BCUT2D eigenvalue weighted by Crippen LogP contribution is -2.28. The lowest BCUT2D eigenvalue weighted by molar-refractivity contribution is -0.117. The lowest BCUT2D eigenvalue weighted by Gasteiger charge is -2.23. The molecule has 0 radical (unpaired) electrons. The molecule has 1 aromatic carbocycles. The highest BCUT2D eigenvalue weighted by Gasteiger charge is 2.20. The second kappa shape index (κ2) is 5.83. The Bertz CT molecular complexity index is 495. The first-order valence-corrected chi connectivity index (χ1v) is 7.51. The van der Waals surface area contributed by atoms with Crippen molar-refractivity contribution in [2.75, 3.05) is 18.4 Å². The van der Waals surface area contributed by atoms with Crippen LogP contribution in [-0.2, 0) is 11.2 Å². The van der Waals surface area contributed by atoms with E-state index in [2.05, 4.69) is 22.8 Å². The van der Waals surface area contributed by atoms with Gasteiger partial charge in [-0.1, -0.05) is 6.07 Å². The molecule has 2 N–H and O–H groups in total. The van der Waals surface area contributed by atoms with Gasteiger partial charge in [-0.3, -0.25) is 4.79 Å². The number of hydrogen-bond acceptors (Lipinski definition) is 3. The zero-order chi connectivity index (χ0) is 13.9. The lowest BCUT2D eigenvalue weighted by atomic mass is 9.91. The Labute approximate surface area is 119 Å². The average Bonchev–Trinajstić information content (AvgIpc) is 2.56. The van der Waals surface area contributed by atoms with E-state index in [0.29, 0.717) is 6.42 Å². The SMILES string of the molecule is CC1CC(=O)Nc2cc(CC3CCNCC3)ccc2O1. The first kappa shape index (κ1) is 13.4. The number of amides is 1. The summed E-state index contributed by atoms with van der Waals surface area (Å²) in [6, 6.07) is 6.20. The van der Waals surface area contributed by atoms with Crippen molar-refractivity contribution in [1.29, 1.82) is 0 Å². The first-order chi connectivity index (χ1) is 9.70. The summed E-state index contributed by atoms with van der Waals surface area (Å²) in [5.74, 6) is 1.57. The zero-order valence-electron chi connectivity index (χ0n) is 11.9. The fourth-order valence-electron chi connectivity index (χ4n) is 3.04. The third kappa shape index (κ3) is 3.12. The summed E-state index contributed by atoms with van der Waals surface area (Å²) in [5, 5.41) is 6.35. The molecule has 0 aliphatic carbocycles. The van der Waals surface area contributed by atoms with Crippen molar-refractivity contribution < 1.29 is 9.53 Å². The summed E-state index contributed by atoms with van der Waals surface area (Å²) in [6.07, 6.45) is 3.90. The summed E-state index contributed by atoms with van der Waals surface area (Å²) >= 11 is 0. The van der Waals surface area contributed by atoms with Crippen LogP contribution in [-0.4, -0.2) is 25.1 Å². The van der Waals surface area contributed by atoms with E-state index in [1.54, 1.807) is 0 Å². The molecule has 0 bridgehead atoms. The first-order valence-electron chi connectivity index (χ1n) is 7.51. The minimum Gasteiger partial charge on any atom is -0.488 e. The molecule has 0 saturated carbocycles. The Balaban J connectivity index is 1.76. The maximum Gasteiger partial charge on any atom is 0.228 e. The Morgan fingerprint density at radius 2 is 2.10 bits per heavy atom. The van der Waals surface area contributed by atoms with Crippen LogP contribution in [0.2, 0.25) is 0 Å². The molecule has 2 aliphatic heterocycles. The molecular formula is C16H22N2O2. The zero-order valence-corrected chi connectivity index (χ0v) is 11.9. The Hall–Kier alpha value is -1.55. The number of carbonyl (C=O) groups is 1. The number of hydrogen-bond donors (Lipinski definition) is 2. The smallest absolute Gasteiger partial charge is 0.228 e. The van der Waals surface area contributed by atoms with Crippen molar-refractivity contribution in [3.63, 3.8) is 0 Å². The summed E-state index contributed by atoms with van der Waals surface area (Å²) in [4.78, 5) is 11.8. The average molecular weight is 274 g/mol. The van der Waals surface area contributed by atoms with E-state index < -0.39 is 0 Å². The van der Waals surface area contributed by atoms with Gasteiger partial charge < -0.3 is 15.4 Å². The quantitative estimate of drug-likeness (QED) is 0.870. The Morgan fingerprint density at radius 1 is 1.30 bits per heavy atom. The fraction of sp³-hybridized carbons (Fsp3) is 0.562. The van der Waals surface area contributed by atoms with Crippen molar-refractivity contribution in [1.82, 2.24) is 5.32 Å². The van der Waals surface area contributed by atoms with Gasteiger partial charge in [0.15, 0.2) is 0 Å². The van der Waals surface area contributed by atoms with Crippen LogP contribution in [0.3, 0.4) is 0 Å². The van der Waals surface area contributed by atoms with Crippen molar-refractivity contribution in [3.8, 4) is 5.75 Å².